The third kappa shape index (κ3) is 3.59. The van der Waals surface area contributed by atoms with Crippen molar-refractivity contribution in [1.29, 1.82) is 0 Å². The molecule has 0 amide bonds. The minimum Gasteiger partial charge on any atom is -0.376 e. The van der Waals surface area contributed by atoms with Gasteiger partial charge in [0.05, 0.1) is 17.7 Å². The van der Waals surface area contributed by atoms with Crippen LogP contribution in [0.2, 0.25) is 0 Å². The Bertz CT molecular complexity index is 753. The third-order valence-corrected chi connectivity index (χ3v) is 5.44. The second kappa shape index (κ2) is 7.21. The van der Waals surface area contributed by atoms with Crippen molar-refractivity contribution in [2.45, 2.75) is 37.8 Å². The maximum absolute atomic E-state index is 13.3. The van der Waals surface area contributed by atoms with Crippen LogP contribution in [0.15, 0.2) is 18.2 Å². The number of nitrogens with zero attached hydrogens (tertiary/aromatic N) is 4. The lowest BCUT2D eigenvalue weighted by atomic mass is 10.1. The smallest absolute Gasteiger partial charge is 0.169 e. The van der Waals surface area contributed by atoms with Gasteiger partial charge in [-0.3, -0.25) is 0 Å². The first-order valence-corrected chi connectivity index (χ1v) is 9.26. The molecule has 0 unspecified atom stereocenters. The molecule has 2 fully saturated rings. The van der Waals surface area contributed by atoms with Gasteiger partial charge >= 0.3 is 0 Å². The first-order valence-electron chi connectivity index (χ1n) is 8.85. The number of hydrogen-bond acceptors (Lipinski definition) is 4. The van der Waals surface area contributed by atoms with Crippen LogP contribution < -0.4 is 5.32 Å². The Hall–Kier alpha value is -1.80. The molecular formula is C17H22FN5OS. The fourth-order valence-corrected chi connectivity index (χ4v) is 3.88. The highest BCUT2D eigenvalue weighted by Gasteiger charge is 2.25. The number of ether oxygens (including phenoxy) is 1. The number of thiocarbonyl (C=S) groups is 1. The van der Waals surface area contributed by atoms with E-state index in [2.05, 4.69) is 20.5 Å². The van der Waals surface area contributed by atoms with Crippen LogP contribution in [0.4, 0.5) is 4.39 Å². The minimum absolute atomic E-state index is 0.271. The number of piperidine rings is 1. The largest absolute Gasteiger partial charge is 0.376 e. The predicted octanol–water partition coefficient (Wildman–Crippen LogP) is 2.26. The highest BCUT2D eigenvalue weighted by Crippen LogP contribution is 2.25. The Labute approximate surface area is 151 Å². The number of rotatable bonds is 3. The summed E-state index contributed by atoms with van der Waals surface area (Å²) in [6, 6.07) is 4.91. The molecule has 0 bridgehead atoms. The maximum atomic E-state index is 13.3. The van der Waals surface area contributed by atoms with Gasteiger partial charge in [0.1, 0.15) is 11.3 Å². The molecule has 1 aromatic heterocycles. The number of aromatic nitrogens is 3. The van der Waals surface area contributed by atoms with E-state index in [1.54, 1.807) is 6.07 Å². The van der Waals surface area contributed by atoms with E-state index in [1.165, 1.54) is 12.1 Å². The van der Waals surface area contributed by atoms with Crippen LogP contribution in [0, 0.1) is 5.82 Å². The van der Waals surface area contributed by atoms with E-state index >= 15 is 0 Å². The molecule has 2 aromatic rings. The molecule has 0 saturated carbocycles. The van der Waals surface area contributed by atoms with Crippen molar-refractivity contribution in [3.8, 4) is 0 Å². The van der Waals surface area contributed by atoms with Crippen LogP contribution in [-0.4, -0.2) is 57.4 Å². The monoisotopic (exact) mass is 363 g/mol. The van der Waals surface area contributed by atoms with Gasteiger partial charge in [0.15, 0.2) is 5.11 Å². The fourth-order valence-electron chi connectivity index (χ4n) is 3.62. The lowest BCUT2D eigenvalue weighted by Gasteiger charge is -2.34. The molecule has 0 aliphatic carbocycles. The van der Waals surface area contributed by atoms with Gasteiger partial charge in [0.25, 0.3) is 0 Å². The topological polar surface area (TPSA) is 55.2 Å². The van der Waals surface area contributed by atoms with Crippen molar-refractivity contribution in [3.05, 3.63) is 24.0 Å². The summed E-state index contributed by atoms with van der Waals surface area (Å²) in [4.78, 5) is 2.21. The zero-order chi connectivity index (χ0) is 17.2. The van der Waals surface area contributed by atoms with Crippen molar-refractivity contribution in [2.24, 2.45) is 0 Å². The Morgan fingerprint density at radius 3 is 2.92 bits per heavy atom. The molecule has 2 aliphatic heterocycles. The Morgan fingerprint density at radius 2 is 2.16 bits per heavy atom. The molecule has 2 saturated heterocycles. The van der Waals surface area contributed by atoms with E-state index in [9.17, 15) is 4.39 Å². The van der Waals surface area contributed by atoms with Crippen LogP contribution in [0.1, 0.15) is 31.7 Å². The first-order chi connectivity index (χ1) is 12.2. The van der Waals surface area contributed by atoms with Crippen LogP contribution in [0.25, 0.3) is 11.0 Å². The third-order valence-electron chi connectivity index (χ3n) is 5.04. The average Bonchev–Trinajstić information content (AvgIpc) is 3.29. The number of likely N-dealkylation sites (tertiary alicyclic amines) is 1. The van der Waals surface area contributed by atoms with Gasteiger partial charge in [0, 0.05) is 32.3 Å². The van der Waals surface area contributed by atoms with Crippen molar-refractivity contribution in [2.75, 3.05) is 26.2 Å². The number of fused-ring (bicyclic) bond motifs is 1. The molecule has 25 heavy (non-hydrogen) atoms. The molecule has 1 aromatic carbocycles. The van der Waals surface area contributed by atoms with E-state index in [4.69, 9.17) is 17.0 Å². The van der Waals surface area contributed by atoms with E-state index in [0.717, 1.165) is 62.6 Å². The first kappa shape index (κ1) is 16.7. The SMILES string of the molecule is Fc1ccc2c(c1)nnn2C1CCN(C(=S)NC[C@H]2CCCO2)CC1. The van der Waals surface area contributed by atoms with Gasteiger partial charge in [-0.2, -0.15) is 0 Å². The van der Waals surface area contributed by atoms with Crippen LogP contribution in [-0.2, 0) is 4.74 Å². The summed E-state index contributed by atoms with van der Waals surface area (Å²) in [7, 11) is 0. The summed E-state index contributed by atoms with van der Waals surface area (Å²) in [5.41, 5.74) is 1.50. The molecule has 8 heteroatoms. The summed E-state index contributed by atoms with van der Waals surface area (Å²) in [6.07, 6.45) is 4.42. The molecule has 1 N–H and O–H groups in total. The summed E-state index contributed by atoms with van der Waals surface area (Å²) >= 11 is 5.52. The van der Waals surface area contributed by atoms with Crippen LogP contribution in [0.5, 0.6) is 0 Å². The average molecular weight is 363 g/mol. The highest BCUT2D eigenvalue weighted by atomic mass is 32.1. The summed E-state index contributed by atoms with van der Waals surface area (Å²) < 4.78 is 20.8. The number of benzene rings is 1. The van der Waals surface area contributed by atoms with E-state index in [1.807, 2.05) is 4.68 Å². The van der Waals surface area contributed by atoms with E-state index in [-0.39, 0.29) is 18.0 Å². The number of nitrogens with one attached hydrogen (secondary N) is 1. The standard InChI is InChI=1S/C17H22FN5OS/c18-12-3-4-16-15(10-12)20-21-23(16)13-5-7-22(8-6-13)17(25)19-11-14-2-1-9-24-14/h3-4,10,13-14H,1-2,5-9,11H2,(H,19,25)/t14-/m1/s1. The molecule has 0 spiro atoms. The van der Waals surface area contributed by atoms with Crippen molar-refractivity contribution in [1.82, 2.24) is 25.2 Å². The Balaban J connectivity index is 1.33. The lowest BCUT2D eigenvalue weighted by Crippen LogP contribution is -2.46. The summed E-state index contributed by atoms with van der Waals surface area (Å²) in [5, 5.41) is 12.5. The Kier molecular flexibility index (Phi) is 4.80. The van der Waals surface area contributed by atoms with Crippen molar-refractivity contribution >= 4 is 28.4 Å². The number of hydrogen-bond donors (Lipinski definition) is 1. The van der Waals surface area contributed by atoms with E-state index in [0.29, 0.717) is 5.52 Å². The van der Waals surface area contributed by atoms with Crippen molar-refractivity contribution in [3.63, 3.8) is 0 Å². The van der Waals surface area contributed by atoms with E-state index < -0.39 is 0 Å². The zero-order valence-electron chi connectivity index (χ0n) is 14.0. The van der Waals surface area contributed by atoms with Gasteiger partial charge in [-0.1, -0.05) is 5.21 Å². The lowest BCUT2D eigenvalue weighted by molar-refractivity contribution is 0.113. The van der Waals surface area contributed by atoms with Gasteiger partial charge in [-0.25, -0.2) is 9.07 Å². The molecule has 2 aliphatic rings. The second-order valence-electron chi connectivity index (χ2n) is 6.71. The summed E-state index contributed by atoms with van der Waals surface area (Å²) in [6.45, 7) is 3.41. The quantitative estimate of drug-likeness (QED) is 0.845. The van der Waals surface area contributed by atoms with Crippen LogP contribution >= 0.6 is 12.2 Å². The molecule has 134 valence electrons. The zero-order valence-corrected chi connectivity index (χ0v) is 14.8. The Morgan fingerprint density at radius 1 is 1.32 bits per heavy atom. The molecule has 1 atom stereocenters. The minimum atomic E-state index is -0.281. The highest BCUT2D eigenvalue weighted by molar-refractivity contribution is 7.80. The fraction of sp³-hybridized carbons (Fsp3) is 0.588. The van der Waals surface area contributed by atoms with Crippen molar-refractivity contribution < 1.29 is 9.13 Å². The molecule has 6 nitrogen and oxygen atoms in total. The second-order valence-corrected chi connectivity index (χ2v) is 7.09. The van der Waals surface area contributed by atoms with Crippen LogP contribution in [0.3, 0.4) is 0 Å². The number of halogens is 1. The summed E-state index contributed by atoms with van der Waals surface area (Å²) in [5.74, 6) is -0.281. The van der Waals surface area contributed by atoms with Gasteiger partial charge < -0.3 is 15.0 Å². The maximum Gasteiger partial charge on any atom is 0.169 e. The van der Waals surface area contributed by atoms with Gasteiger partial charge in [-0.15, -0.1) is 5.10 Å². The molecule has 4 rings (SSSR count). The molecular weight excluding hydrogens is 341 g/mol. The van der Waals surface area contributed by atoms with Gasteiger partial charge in [-0.05, 0) is 50.0 Å². The predicted molar refractivity (Wildman–Crippen MR) is 96.9 cm³/mol. The normalized spacial score (nSPS) is 21.8. The molecule has 0 radical (unpaired) electrons. The molecule has 3 heterocycles. The van der Waals surface area contributed by atoms with Gasteiger partial charge in [0.2, 0.25) is 0 Å².